The molecule has 0 saturated carbocycles. The third-order valence-corrected chi connectivity index (χ3v) is 4.48. The van der Waals surface area contributed by atoms with Crippen LogP contribution < -0.4 is 5.32 Å². The van der Waals surface area contributed by atoms with Crippen LogP contribution in [-0.2, 0) is 4.79 Å². The lowest BCUT2D eigenvalue weighted by atomic mass is 9.72. The number of carbonyl (C=O) groups is 2. The van der Waals surface area contributed by atoms with Gasteiger partial charge in [-0.2, -0.15) is 0 Å². The minimum Gasteiger partial charge on any atom is -0.508 e. The summed E-state index contributed by atoms with van der Waals surface area (Å²) in [5.74, 6) is -0.384. The maximum atomic E-state index is 13.0. The highest BCUT2D eigenvalue weighted by atomic mass is 16.4. The van der Waals surface area contributed by atoms with Gasteiger partial charge in [-0.3, -0.25) is 4.79 Å². The highest BCUT2D eigenvalue weighted by molar-refractivity contribution is 5.86. The van der Waals surface area contributed by atoms with Crippen molar-refractivity contribution >= 4 is 12.0 Å². The van der Waals surface area contributed by atoms with Gasteiger partial charge in [-0.05, 0) is 36.0 Å². The van der Waals surface area contributed by atoms with Crippen molar-refractivity contribution < 1.29 is 19.8 Å². The van der Waals surface area contributed by atoms with E-state index >= 15 is 0 Å². The second-order valence-corrected chi connectivity index (χ2v) is 7.39. The summed E-state index contributed by atoms with van der Waals surface area (Å²) < 4.78 is 0. The molecule has 1 aliphatic rings. The first-order valence-corrected chi connectivity index (χ1v) is 8.27. The number of carboxylic acid groups (broad SMARTS) is 1. The van der Waals surface area contributed by atoms with E-state index in [4.69, 9.17) is 0 Å². The first-order valence-electron chi connectivity index (χ1n) is 8.27. The lowest BCUT2D eigenvalue weighted by molar-refractivity contribution is -0.133. The number of nitrogens with one attached hydrogen (secondary N) is 1. The fraction of sp³-hybridized carbons (Fsp3) is 0.556. The fourth-order valence-corrected chi connectivity index (χ4v) is 3.43. The van der Waals surface area contributed by atoms with Crippen LogP contribution in [0, 0.1) is 5.41 Å². The van der Waals surface area contributed by atoms with Gasteiger partial charge in [0, 0.05) is 19.0 Å². The van der Waals surface area contributed by atoms with E-state index in [2.05, 4.69) is 5.32 Å². The smallest absolute Gasteiger partial charge is 0.405 e. The van der Waals surface area contributed by atoms with Crippen LogP contribution in [0.25, 0.3) is 0 Å². The molecule has 0 bridgehead atoms. The highest BCUT2D eigenvalue weighted by Crippen LogP contribution is 2.39. The summed E-state index contributed by atoms with van der Waals surface area (Å²) in [6.45, 7) is 7.29. The van der Waals surface area contributed by atoms with E-state index in [-0.39, 0.29) is 23.0 Å². The fourth-order valence-electron chi connectivity index (χ4n) is 3.43. The Balaban J connectivity index is 2.41. The molecule has 2 atom stereocenters. The van der Waals surface area contributed by atoms with Crippen molar-refractivity contribution in [2.75, 3.05) is 13.1 Å². The molecule has 1 unspecified atom stereocenters. The Morgan fingerprint density at radius 3 is 2.12 bits per heavy atom. The molecule has 1 heterocycles. The summed E-state index contributed by atoms with van der Waals surface area (Å²) in [6.07, 6.45) is 0.691. The standard InChI is InChI=1S/C18H26N2O4/c1-18(2,3)14(12-6-8-13(21)9-7-12)15(19-17(23)24)16(22)20-10-4-5-11-20/h6-9,14-15,19,21H,4-5,10-11H2,1-3H3,(H,23,24)/t14-,15?/m0/s1. The van der Waals surface area contributed by atoms with E-state index in [0.717, 1.165) is 18.4 Å². The Kier molecular flexibility index (Phi) is 5.36. The molecular weight excluding hydrogens is 308 g/mol. The lowest BCUT2D eigenvalue weighted by Gasteiger charge is -2.38. The van der Waals surface area contributed by atoms with Gasteiger partial charge in [0.1, 0.15) is 11.8 Å². The molecule has 0 aliphatic carbocycles. The Morgan fingerprint density at radius 2 is 1.67 bits per heavy atom. The largest absolute Gasteiger partial charge is 0.508 e. The number of hydrogen-bond donors (Lipinski definition) is 3. The van der Waals surface area contributed by atoms with Gasteiger partial charge in [-0.25, -0.2) is 4.79 Å². The zero-order valence-electron chi connectivity index (χ0n) is 14.5. The zero-order valence-corrected chi connectivity index (χ0v) is 14.5. The van der Waals surface area contributed by atoms with Crippen molar-refractivity contribution in [3.05, 3.63) is 29.8 Å². The quantitative estimate of drug-likeness (QED) is 0.790. The molecule has 2 amide bonds. The van der Waals surface area contributed by atoms with Gasteiger partial charge >= 0.3 is 6.09 Å². The SMILES string of the molecule is CC(C)(C)[C@@H](c1ccc(O)cc1)C(NC(=O)O)C(=O)N1CCCC1. The van der Waals surface area contributed by atoms with Crippen LogP contribution >= 0.6 is 0 Å². The molecule has 0 aromatic heterocycles. The van der Waals surface area contributed by atoms with Crippen molar-refractivity contribution in [1.29, 1.82) is 0 Å². The summed E-state index contributed by atoms with van der Waals surface area (Å²) in [6, 6.07) is 5.77. The molecular formula is C18H26N2O4. The summed E-state index contributed by atoms with van der Waals surface area (Å²) >= 11 is 0. The number of rotatable bonds is 4. The molecule has 1 aliphatic heterocycles. The van der Waals surface area contributed by atoms with Crippen LogP contribution in [0.4, 0.5) is 4.79 Å². The molecule has 1 saturated heterocycles. The van der Waals surface area contributed by atoms with Gasteiger partial charge in [0.15, 0.2) is 0 Å². The lowest BCUT2D eigenvalue weighted by Crippen LogP contribution is -2.53. The number of carbonyl (C=O) groups excluding carboxylic acids is 1. The second-order valence-electron chi connectivity index (χ2n) is 7.39. The zero-order chi connectivity index (χ0) is 17.9. The molecule has 6 heteroatoms. The average molecular weight is 334 g/mol. The number of likely N-dealkylation sites (tertiary alicyclic amines) is 1. The molecule has 0 spiro atoms. The van der Waals surface area contributed by atoms with Gasteiger partial charge in [0.05, 0.1) is 0 Å². The normalized spacial score (nSPS) is 17.4. The van der Waals surface area contributed by atoms with Gasteiger partial charge in [0.25, 0.3) is 0 Å². The monoisotopic (exact) mass is 334 g/mol. The second kappa shape index (κ2) is 7.11. The summed E-state index contributed by atoms with van der Waals surface area (Å²) in [7, 11) is 0. The Morgan fingerprint density at radius 1 is 1.12 bits per heavy atom. The number of hydrogen-bond acceptors (Lipinski definition) is 3. The predicted octanol–water partition coefficient (Wildman–Crippen LogP) is 2.78. The molecule has 1 aromatic rings. The van der Waals surface area contributed by atoms with Crippen LogP contribution in [0.5, 0.6) is 5.75 Å². The van der Waals surface area contributed by atoms with Crippen LogP contribution in [-0.4, -0.2) is 46.2 Å². The van der Waals surface area contributed by atoms with Crippen LogP contribution in [0.3, 0.4) is 0 Å². The molecule has 24 heavy (non-hydrogen) atoms. The van der Waals surface area contributed by atoms with Crippen LogP contribution in [0.1, 0.15) is 45.1 Å². The average Bonchev–Trinajstić information content (AvgIpc) is 3.00. The minimum atomic E-state index is -1.21. The maximum absolute atomic E-state index is 13.0. The van der Waals surface area contributed by atoms with Crippen molar-refractivity contribution in [1.82, 2.24) is 10.2 Å². The van der Waals surface area contributed by atoms with Crippen molar-refractivity contribution in [3.63, 3.8) is 0 Å². The Hall–Kier alpha value is -2.24. The Labute approximate surface area is 142 Å². The van der Waals surface area contributed by atoms with Crippen molar-refractivity contribution in [3.8, 4) is 5.75 Å². The number of amides is 2. The third kappa shape index (κ3) is 4.19. The van der Waals surface area contributed by atoms with Gasteiger partial charge in [0.2, 0.25) is 5.91 Å². The molecule has 2 rings (SSSR count). The number of phenolic OH excluding ortho intramolecular Hbond substituents is 1. The molecule has 6 nitrogen and oxygen atoms in total. The topological polar surface area (TPSA) is 89.9 Å². The predicted molar refractivity (Wildman–Crippen MR) is 91.1 cm³/mol. The molecule has 0 radical (unpaired) electrons. The highest BCUT2D eigenvalue weighted by Gasteiger charge is 2.41. The first-order chi connectivity index (χ1) is 11.2. The van der Waals surface area contributed by atoms with E-state index in [9.17, 15) is 19.8 Å². The summed E-state index contributed by atoms with van der Waals surface area (Å²) in [5, 5.41) is 21.2. The van der Waals surface area contributed by atoms with Gasteiger partial charge in [-0.15, -0.1) is 0 Å². The maximum Gasteiger partial charge on any atom is 0.405 e. The van der Waals surface area contributed by atoms with Crippen LogP contribution in [0.15, 0.2) is 24.3 Å². The van der Waals surface area contributed by atoms with E-state index < -0.39 is 12.1 Å². The number of nitrogens with zero attached hydrogens (tertiary/aromatic N) is 1. The van der Waals surface area contributed by atoms with Gasteiger partial charge < -0.3 is 20.4 Å². The summed E-state index contributed by atoms with van der Waals surface area (Å²) in [4.78, 5) is 26.0. The first kappa shape index (κ1) is 18.1. The van der Waals surface area contributed by atoms with E-state index in [1.807, 2.05) is 20.8 Å². The van der Waals surface area contributed by atoms with Gasteiger partial charge in [-0.1, -0.05) is 32.9 Å². The van der Waals surface area contributed by atoms with Crippen molar-refractivity contribution in [2.45, 2.75) is 45.6 Å². The van der Waals surface area contributed by atoms with Crippen LogP contribution in [0.2, 0.25) is 0 Å². The number of phenols is 1. The van der Waals surface area contributed by atoms with E-state index in [1.54, 1.807) is 29.2 Å². The minimum absolute atomic E-state index is 0.139. The summed E-state index contributed by atoms with van der Waals surface area (Å²) in [5.41, 5.74) is 0.478. The third-order valence-electron chi connectivity index (χ3n) is 4.48. The number of benzene rings is 1. The van der Waals surface area contributed by atoms with E-state index in [0.29, 0.717) is 13.1 Å². The Bertz CT molecular complexity index is 586. The van der Waals surface area contributed by atoms with E-state index in [1.165, 1.54) is 0 Å². The molecule has 3 N–H and O–H groups in total. The molecule has 1 fully saturated rings. The van der Waals surface area contributed by atoms with Crippen molar-refractivity contribution in [2.24, 2.45) is 5.41 Å². The molecule has 1 aromatic carbocycles. The molecule has 132 valence electrons. The number of aromatic hydroxyl groups is 1.